The highest BCUT2D eigenvalue weighted by molar-refractivity contribution is 7.79. The summed E-state index contributed by atoms with van der Waals surface area (Å²) >= 11 is 4.40. The molecule has 0 saturated carbocycles. The summed E-state index contributed by atoms with van der Waals surface area (Å²) in [5.74, 6) is 0.461. The first-order chi connectivity index (χ1) is 8.29. The summed E-state index contributed by atoms with van der Waals surface area (Å²) in [6.45, 7) is 0. The van der Waals surface area contributed by atoms with Gasteiger partial charge in [0, 0.05) is 16.8 Å². The molecular weight excluding hydrogens is 233 g/mol. The van der Waals surface area contributed by atoms with E-state index in [1.165, 1.54) is 35.7 Å². The van der Waals surface area contributed by atoms with Gasteiger partial charge in [-0.15, -0.1) is 0 Å². The van der Waals surface area contributed by atoms with Gasteiger partial charge in [0.1, 0.15) is 5.82 Å². The minimum atomic E-state index is -0.196. The Morgan fingerprint density at radius 3 is 2.88 bits per heavy atom. The average Bonchev–Trinajstić information content (AvgIpc) is 2.36. The molecule has 2 aromatic rings. The Bertz CT molecular complexity index is 580. The predicted octanol–water partition coefficient (Wildman–Crippen LogP) is 3.68. The van der Waals surface area contributed by atoms with Crippen LogP contribution in [0.2, 0.25) is 0 Å². The van der Waals surface area contributed by atoms with Crippen LogP contribution in [0.4, 0.5) is 4.39 Å². The molecule has 1 aliphatic rings. The second-order valence-electron chi connectivity index (χ2n) is 4.54. The van der Waals surface area contributed by atoms with Gasteiger partial charge in [-0.25, -0.2) is 4.39 Å². The first-order valence-electron chi connectivity index (χ1n) is 6.00. The van der Waals surface area contributed by atoms with E-state index in [9.17, 15) is 4.39 Å². The minimum absolute atomic E-state index is 0.196. The highest BCUT2D eigenvalue weighted by atomic mass is 32.1. The molecule has 88 valence electrons. The van der Waals surface area contributed by atoms with Gasteiger partial charge in [-0.1, -0.05) is 0 Å². The fraction of sp³-hybridized carbons (Fsp3) is 0.357. The molecule has 0 saturated heterocycles. The standard InChI is InChI=1S/C14H14FNS/c15-9-5-6-14-11(7-9)12(8-17)10-3-1-2-4-13(10)16-14/h5-7,17H,1-4,8H2. The van der Waals surface area contributed by atoms with E-state index in [0.29, 0.717) is 5.75 Å². The molecule has 0 spiro atoms. The smallest absolute Gasteiger partial charge is 0.123 e. The van der Waals surface area contributed by atoms with Crippen molar-refractivity contribution in [2.24, 2.45) is 0 Å². The third kappa shape index (κ3) is 1.82. The van der Waals surface area contributed by atoms with Crippen molar-refractivity contribution in [3.63, 3.8) is 0 Å². The van der Waals surface area contributed by atoms with E-state index in [1.807, 2.05) is 0 Å². The van der Waals surface area contributed by atoms with E-state index in [0.717, 1.165) is 23.7 Å². The summed E-state index contributed by atoms with van der Waals surface area (Å²) in [6.07, 6.45) is 4.52. The number of hydrogen-bond acceptors (Lipinski definition) is 2. The Morgan fingerprint density at radius 1 is 1.24 bits per heavy atom. The number of fused-ring (bicyclic) bond motifs is 2. The maximum atomic E-state index is 13.3. The molecule has 0 aliphatic heterocycles. The molecule has 0 atom stereocenters. The minimum Gasteiger partial charge on any atom is -0.253 e. The third-order valence-electron chi connectivity index (χ3n) is 3.50. The Kier molecular flexibility index (Phi) is 2.79. The molecule has 0 amide bonds. The van der Waals surface area contributed by atoms with Crippen molar-refractivity contribution in [2.45, 2.75) is 31.4 Å². The summed E-state index contributed by atoms with van der Waals surface area (Å²) in [6, 6.07) is 4.84. The van der Waals surface area contributed by atoms with Gasteiger partial charge < -0.3 is 0 Å². The maximum Gasteiger partial charge on any atom is 0.123 e. The van der Waals surface area contributed by atoms with Crippen molar-refractivity contribution in [3.05, 3.63) is 40.8 Å². The fourth-order valence-corrected chi connectivity index (χ4v) is 3.04. The van der Waals surface area contributed by atoms with Crippen molar-refractivity contribution < 1.29 is 4.39 Å². The van der Waals surface area contributed by atoms with E-state index in [-0.39, 0.29) is 5.82 Å². The summed E-state index contributed by atoms with van der Waals surface area (Å²) in [7, 11) is 0. The topological polar surface area (TPSA) is 12.9 Å². The van der Waals surface area contributed by atoms with Crippen LogP contribution >= 0.6 is 12.6 Å². The van der Waals surface area contributed by atoms with Crippen LogP contribution in [0.3, 0.4) is 0 Å². The molecule has 1 aromatic heterocycles. The van der Waals surface area contributed by atoms with Crippen LogP contribution in [-0.2, 0) is 18.6 Å². The van der Waals surface area contributed by atoms with Gasteiger partial charge >= 0.3 is 0 Å². The zero-order valence-corrected chi connectivity index (χ0v) is 10.4. The highest BCUT2D eigenvalue weighted by Gasteiger charge is 2.17. The molecule has 0 radical (unpaired) electrons. The molecule has 3 rings (SSSR count). The molecule has 0 N–H and O–H groups in total. The van der Waals surface area contributed by atoms with Crippen LogP contribution < -0.4 is 0 Å². The number of rotatable bonds is 1. The molecule has 0 unspecified atom stereocenters. The van der Waals surface area contributed by atoms with Crippen molar-refractivity contribution in [1.29, 1.82) is 0 Å². The highest BCUT2D eigenvalue weighted by Crippen LogP contribution is 2.30. The quantitative estimate of drug-likeness (QED) is 0.758. The van der Waals surface area contributed by atoms with Crippen LogP contribution in [0.1, 0.15) is 29.7 Å². The maximum absolute atomic E-state index is 13.3. The molecule has 1 aromatic carbocycles. The first-order valence-corrected chi connectivity index (χ1v) is 6.63. The van der Waals surface area contributed by atoms with Crippen molar-refractivity contribution in [2.75, 3.05) is 0 Å². The lowest BCUT2D eigenvalue weighted by Crippen LogP contribution is -2.09. The van der Waals surface area contributed by atoms with Gasteiger partial charge in [-0.3, -0.25) is 4.98 Å². The van der Waals surface area contributed by atoms with Crippen molar-refractivity contribution in [1.82, 2.24) is 4.98 Å². The Morgan fingerprint density at radius 2 is 2.06 bits per heavy atom. The molecule has 3 heteroatoms. The Labute approximate surface area is 105 Å². The van der Waals surface area contributed by atoms with Gasteiger partial charge in [0.15, 0.2) is 0 Å². The van der Waals surface area contributed by atoms with E-state index in [4.69, 9.17) is 0 Å². The fourth-order valence-electron chi connectivity index (χ4n) is 2.67. The van der Waals surface area contributed by atoms with E-state index in [1.54, 1.807) is 12.1 Å². The van der Waals surface area contributed by atoms with Crippen molar-refractivity contribution in [3.8, 4) is 0 Å². The number of pyridine rings is 1. The number of aromatic nitrogens is 1. The second kappa shape index (κ2) is 4.30. The number of halogens is 1. The summed E-state index contributed by atoms with van der Waals surface area (Å²) in [5.41, 5.74) is 4.58. The average molecular weight is 247 g/mol. The van der Waals surface area contributed by atoms with Crippen molar-refractivity contribution >= 4 is 23.5 Å². The zero-order valence-electron chi connectivity index (χ0n) is 9.54. The molecule has 1 aliphatic carbocycles. The van der Waals surface area contributed by atoms with E-state index < -0.39 is 0 Å². The Balaban J connectivity index is 2.35. The summed E-state index contributed by atoms with van der Waals surface area (Å²) in [4.78, 5) is 4.66. The van der Waals surface area contributed by atoms with E-state index >= 15 is 0 Å². The summed E-state index contributed by atoms with van der Waals surface area (Å²) in [5, 5.41) is 0.931. The van der Waals surface area contributed by atoms with Crippen LogP contribution in [0.5, 0.6) is 0 Å². The zero-order chi connectivity index (χ0) is 11.8. The number of benzene rings is 1. The monoisotopic (exact) mass is 247 g/mol. The number of hydrogen-bond donors (Lipinski definition) is 1. The van der Waals surface area contributed by atoms with Gasteiger partial charge in [-0.05, 0) is 55.0 Å². The van der Waals surface area contributed by atoms with Crippen LogP contribution in [-0.4, -0.2) is 4.98 Å². The SMILES string of the molecule is Fc1ccc2nc3c(c(CS)c2c1)CCCC3. The van der Waals surface area contributed by atoms with Gasteiger partial charge in [0.05, 0.1) is 5.52 Å². The normalized spacial score (nSPS) is 14.9. The lowest BCUT2D eigenvalue weighted by Gasteiger charge is -2.19. The van der Waals surface area contributed by atoms with Crippen LogP contribution in [0.15, 0.2) is 18.2 Å². The summed E-state index contributed by atoms with van der Waals surface area (Å²) < 4.78 is 13.3. The Hall–Kier alpha value is -1.09. The molecule has 0 fully saturated rings. The van der Waals surface area contributed by atoms with Crippen LogP contribution in [0.25, 0.3) is 10.9 Å². The number of thiol groups is 1. The predicted molar refractivity (Wildman–Crippen MR) is 71.0 cm³/mol. The number of aryl methyl sites for hydroxylation is 1. The molecule has 0 bridgehead atoms. The van der Waals surface area contributed by atoms with Gasteiger partial charge in [-0.2, -0.15) is 12.6 Å². The van der Waals surface area contributed by atoms with E-state index in [2.05, 4.69) is 17.6 Å². The lowest BCUT2D eigenvalue weighted by atomic mass is 9.90. The molecular formula is C14H14FNS. The largest absolute Gasteiger partial charge is 0.253 e. The molecule has 17 heavy (non-hydrogen) atoms. The van der Waals surface area contributed by atoms with Gasteiger partial charge in [0.25, 0.3) is 0 Å². The number of nitrogens with zero attached hydrogens (tertiary/aromatic N) is 1. The second-order valence-corrected chi connectivity index (χ2v) is 4.86. The molecule has 1 nitrogen and oxygen atoms in total. The molecule has 1 heterocycles. The van der Waals surface area contributed by atoms with Gasteiger partial charge in [0.2, 0.25) is 0 Å². The lowest BCUT2D eigenvalue weighted by molar-refractivity contribution is 0.629. The first kappa shape index (κ1) is 11.0. The third-order valence-corrected chi connectivity index (χ3v) is 3.82. The van der Waals surface area contributed by atoms with Crippen LogP contribution in [0, 0.1) is 5.82 Å².